The topological polar surface area (TPSA) is 151 Å². The lowest BCUT2D eigenvalue weighted by Gasteiger charge is -2.36. The number of rotatable bonds is 7. The molecule has 1 atom stereocenters. The summed E-state index contributed by atoms with van der Waals surface area (Å²) in [4.78, 5) is 49.3. The van der Waals surface area contributed by atoms with Crippen LogP contribution in [-0.4, -0.2) is 72.0 Å². The van der Waals surface area contributed by atoms with Crippen LogP contribution >= 0.6 is 11.6 Å². The largest absolute Gasteiger partial charge is 0.368 e. The van der Waals surface area contributed by atoms with E-state index in [1.807, 2.05) is 29.2 Å². The maximum absolute atomic E-state index is 12.6. The Balaban J connectivity index is 1.55. The number of aromatic nitrogens is 2. The maximum Gasteiger partial charge on any atom is 0.353 e. The van der Waals surface area contributed by atoms with Gasteiger partial charge in [-0.05, 0) is 31.0 Å². The van der Waals surface area contributed by atoms with Crippen LogP contribution < -0.4 is 25.8 Å². The lowest BCUT2D eigenvalue weighted by molar-refractivity contribution is -0.383. The molecule has 0 saturated carbocycles. The molecule has 0 radical (unpaired) electrons. The van der Waals surface area contributed by atoms with Crippen LogP contribution in [-0.2, 0) is 9.59 Å². The molecule has 2 aliphatic heterocycles. The number of nitrogens with zero attached hydrogens (tertiary/aromatic N) is 6. The number of halogens is 1. The van der Waals surface area contributed by atoms with Crippen molar-refractivity contribution >= 4 is 46.4 Å². The molecule has 2 amide bonds. The third-order valence-corrected chi connectivity index (χ3v) is 6.22. The van der Waals surface area contributed by atoms with E-state index in [9.17, 15) is 19.7 Å². The zero-order chi connectivity index (χ0) is 24.2. The van der Waals surface area contributed by atoms with Crippen molar-refractivity contribution in [3.63, 3.8) is 0 Å². The minimum absolute atomic E-state index is 0.101. The van der Waals surface area contributed by atoms with E-state index in [-0.39, 0.29) is 23.9 Å². The Kier molecular flexibility index (Phi) is 6.96. The Morgan fingerprint density at radius 1 is 1.15 bits per heavy atom. The Bertz CT molecular complexity index is 1090. The van der Waals surface area contributed by atoms with Gasteiger partial charge in [-0.3, -0.25) is 19.7 Å². The molecule has 2 fully saturated rings. The first-order valence-corrected chi connectivity index (χ1v) is 11.3. The second-order valence-corrected chi connectivity index (χ2v) is 8.55. The van der Waals surface area contributed by atoms with Crippen molar-refractivity contribution in [1.29, 1.82) is 0 Å². The van der Waals surface area contributed by atoms with E-state index in [0.29, 0.717) is 50.6 Å². The number of nitrogens with two attached hydrogens (primary N) is 1. The second-order valence-electron chi connectivity index (χ2n) is 8.12. The van der Waals surface area contributed by atoms with Gasteiger partial charge < -0.3 is 25.8 Å². The van der Waals surface area contributed by atoms with Crippen molar-refractivity contribution in [3.05, 3.63) is 45.7 Å². The van der Waals surface area contributed by atoms with Crippen molar-refractivity contribution in [2.24, 2.45) is 5.73 Å². The van der Waals surface area contributed by atoms with E-state index >= 15 is 0 Å². The van der Waals surface area contributed by atoms with Crippen LogP contribution in [0.15, 0.2) is 30.6 Å². The van der Waals surface area contributed by atoms with Crippen LogP contribution in [0.3, 0.4) is 0 Å². The summed E-state index contributed by atoms with van der Waals surface area (Å²) in [6.07, 6.45) is 2.43. The van der Waals surface area contributed by atoms with Gasteiger partial charge >= 0.3 is 5.69 Å². The average molecular weight is 489 g/mol. The minimum atomic E-state index is -0.680. The molecule has 0 aliphatic carbocycles. The number of carbonyl (C=O) groups excluding carboxylic acids is 2. The van der Waals surface area contributed by atoms with Crippen molar-refractivity contribution in [1.82, 2.24) is 15.3 Å². The fourth-order valence-corrected chi connectivity index (χ4v) is 4.58. The third kappa shape index (κ3) is 4.96. The third-order valence-electron chi connectivity index (χ3n) is 5.98. The fraction of sp³-hybridized carbons (Fsp3) is 0.429. The van der Waals surface area contributed by atoms with Gasteiger partial charge in [0.05, 0.1) is 11.5 Å². The molecule has 3 heterocycles. The van der Waals surface area contributed by atoms with Gasteiger partial charge in [0.15, 0.2) is 0 Å². The van der Waals surface area contributed by atoms with E-state index in [1.165, 1.54) is 6.33 Å². The van der Waals surface area contributed by atoms with Gasteiger partial charge in [-0.15, -0.1) is 0 Å². The summed E-state index contributed by atoms with van der Waals surface area (Å²) in [6, 6.07) is 6.88. The summed E-state index contributed by atoms with van der Waals surface area (Å²) in [5.41, 5.74) is 5.88. The first kappa shape index (κ1) is 23.5. The van der Waals surface area contributed by atoms with Gasteiger partial charge in [-0.1, -0.05) is 17.7 Å². The van der Waals surface area contributed by atoms with Crippen LogP contribution in [0.4, 0.5) is 23.0 Å². The predicted octanol–water partition coefficient (Wildman–Crippen LogP) is 0.935. The highest BCUT2D eigenvalue weighted by Gasteiger charge is 2.38. The zero-order valence-corrected chi connectivity index (χ0v) is 19.1. The van der Waals surface area contributed by atoms with E-state index in [1.54, 1.807) is 4.90 Å². The van der Waals surface area contributed by atoms with Crippen LogP contribution in [0.1, 0.15) is 12.8 Å². The number of amides is 2. The monoisotopic (exact) mass is 488 g/mol. The maximum atomic E-state index is 12.6. The molecule has 2 aromatic rings. The molecular weight excluding hydrogens is 464 g/mol. The number of hydrogen-bond donors (Lipinski definition) is 2. The Hall–Kier alpha value is -3.67. The minimum Gasteiger partial charge on any atom is -0.368 e. The summed E-state index contributed by atoms with van der Waals surface area (Å²) < 4.78 is 0. The Morgan fingerprint density at radius 3 is 2.53 bits per heavy atom. The molecule has 12 nitrogen and oxygen atoms in total. The van der Waals surface area contributed by atoms with Crippen LogP contribution in [0.25, 0.3) is 0 Å². The number of hydrogen-bond acceptors (Lipinski definition) is 9. The van der Waals surface area contributed by atoms with E-state index < -0.39 is 22.8 Å². The molecule has 0 bridgehead atoms. The Labute approximate surface area is 200 Å². The highest BCUT2D eigenvalue weighted by Crippen LogP contribution is 2.38. The van der Waals surface area contributed by atoms with Crippen molar-refractivity contribution < 1.29 is 14.5 Å². The molecule has 2 aliphatic rings. The summed E-state index contributed by atoms with van der Waals surface area (Å²) in [5.74, 6) is -0.751. The molecule has 180 valence electrons. The molecule has 1 unspecified atom stereocenters. The standard InChI is InChI=1S/C21H25ClN8O4/c22-14-3-1-4-15(11-14)27-7-9-28(10-8-27)19-18(30(33)34)20(26-13-25-19)29-6-2-5-16(29)21(32)24-12-17(23)31/h1,3-4,11,13,16H,2,5-10,12H2,(H2,23,31)(H,24,32). The van der Waals surface area contributed by atoms with Crippen molar-refractivity contribution in [3.8, 4) is 0 Å². The lowest BCUT2D eigenvalue weighted by atomic mass is 10.2. The number of nitrogens with one attached hydrogen (secondary N) is 1. The smallest absolute Gasteiger partial charge is 0.353 e. The molecule has 0 spiro atoms. The molecule has 3 N–H and O–H groups in total. The number of nitro groups is 1. The number of anilines is 3. The van der Waals surface area contributed by atoms with Crippen molar-refractivity contribution in [2.75, 3.05) is 54.0 Å². The quantitative estimate of drug-likeness (QED) is 0.428. The normalized spacial score (nSPS) is 18.1. The number of piperazine rings is 1. The van der Waals surface area contributed by atoms with E-state index in [0.717, 1.165) is 5.69 Å². The summed E-state index contributed by atoms with van der Waals surface area (Å²) >= 11 is 6.11. The summed E-state index contributed by atoms with van der Waals surface area (Å²) in [5, 5.41) is 15.3. The van der Waals surface area contributed by atoms with Gasteiger partial charge in [0.25, 0.3) is 0 Å². The first-order chi connectivity index (χ1) is 16.3. The van der Waals surface area contributed by atoms with Gasteiger partial charge in [-0.25, -0.2) is 9.97 Å². The fourth-order valence-electron chi connectivity index (χ4n) is 4.40. The molecule has 1 aromatic heterocycles. The average Bonchev–Trinajstić information content (AvgIpc) is 3.32. The number of primary amides is 1. The Morgan fingerprint density at radius 2 is 1.85 bits per heavy atom. The molecule has 2 saturated heterocycles. The van der Waals surface area contributed by atoms with E-state index in [2.05, 4.69) is 20.2 Å². The second kappa shape index (κ2) is 10.1. The molecule has 34 heavy (non-hydrogen) atoms. The zero-order valence-electron chi connectivity index (χ0n) is 18.4. The number of benzene rings is 1. The van der Waals surface area contributed by atoms with Gasteiger partial charge in [0, 0.05) is 43.4 Å². The van der Waals surface area contributed by atoms with Gasteiger partial charge in [0.1, 0.15) is 12.4 Å². The van der Waals surface area contributed by atoms with E-state index in [4.69, 9.17) is 17.3 Å². The van der Waals surface area contributed by atoms with Crippen LogP contribution in [0, 0.1) is 10.1 Å². The van der Waals surface area contributed by atoms with Gasteiger partial charge in [-0.2, -0.15) is 0 Å². The molecular formula is C21H25ClN8O4. The predicted molar refractivity (Wildman–Crippen MR) is 127 cm³/mol. The summed E-state index contributed by atoms with van der Waals surface area (Å²) in [7, 11) is 0. The van der Waals surface area contributed by atoms with Crippen LogP contribution in [0.2, 0.25) is 5.02 Å². The van der Waals surface area contributed by atoms with Crippen LogP contribution in [0.5, 0.6) is 0 Å². The lowest BCUT2D eigenvalue weighted by Crippen LogP contribution is -2.47. The molecule has 13 heteroatoms. The molecule has 1 aromatic carbocycles. The van der Waals surface area contributed by atoms with Gasteiger partial charge in [0.2, 0.25) is 23.5 Å². The SMILES string of the molecule is NC(=O)CNC(=O)C1CCCN1c1ncnc(N2CCN(c3cccc(Cl)c3)CC2)c1[N+](=O)[O-]. The highest BCUT2D eigenvalue weighted by atomic mass is 35.5. The number of carbonyl (C=O) groups is 2. The van der Waals surface area contributed by atoms with Crippen molar-refractivity contribution in [2.45, 2.75) is 18.9 Å². The highest BCUT2D eigenvalue weighted by molar-refractivity contribution is 6.30. The summed E-state index contributed by atoms with van der Waals surface area (Å²) in [6.45, 7) is 2.45. The first-order valence-electron chi connectivity index (χ1n) is 10.9. The molecule has 4 rings (SSSR count).